The fourth-order valence-corrected chi connectivity index (χ4v) is 3.98. The average Bonchev–Trinajstić information content (AvgIpc) is 3.21. The quantitative estimate of drug-likeness (QED) is 0.822. The summed E-state index contributed by atoms with van der Waals surface area (Å²) in [6.45, 7) is 0.197. The number of hydrazine groups is 1. The normalized spacial score (nSPS) is 19.6. The third kappa shape index (κ3) is 3.12. The summed E-state index contributed by atoms with van der Waals surface area (Å²) in [4.78, 5) is 0. The molecule has 0 saturated heterocycles. The highest BCUT2D eigenvalue weighted by Gasteiger charge is 2.33. The molecule has 2 aliphatic rings. The zero-order chi connectivity index (χ0) is 17.6. The molecule has 0 aliphatic carbocycles. The molecular formula is C17H15BrN2O4S. The van der Waals surface area contributed by atoms with Gasteiger partial charge in [-0.15, -0.1) is 4.41 Å². The van der Waals surface area contributed by atoms with Crippen LogP contribution >= 0.6 is 15.9 Å². The molecule has 25 heavy (non-hydrogen) atoms. The van der Waals surface area contributed by atoms with Gasteiger partial charge < -0.3 is 14.9 Å². The van der Waals surface area contributed by atoms with E-state index in [1.165, 1.54) is 10.7 Å². The Morgan fingerprint density at radius 2 is 1.84 bits per heavy atom. The molecule has 0 bridgehead atoms. The number of nitrogens with one attached hydrogen (secondary N) is 1. The lowest BCUT2D eigenvalue weighted by molar-refractivity contribution is 0.174. The Balaban J connectivity index is 1.74. The van der Waals surface area contributed by atoms with Crippen LogP contribution in [0.2, 0.25) is 0 Å². The number of sulfonamides is 1. The van der Waals surface area contributed by atoms with Gasteiger partial charge in [0.2, 0.25) is 16.8 Å². The van der Waals surface area contributed by atoms with Crippen molar-refractivity contribution in [1.82, 2.24) is 9.84 Å². The highest BCUT2D eigenvalue weighted by atomic mass is 79.9. The molecule has 4 rings (SSSR count). The van der Waals surface area contributed by atoms with Crippen LogP contribution in [0.5, 0.6) is 11.5 Å². The van der Waals surface area contributed by atoms with E-state index in [1.807, 2.05) is 48.5 Å². The molecule has 2 heterocycles. The molecular weight excluding hydrogens is 408 g/mol. The Labute approximate surface area is 154 Å². The van der Waals surface area contributed by atoms with E-state index in [1.54, 1.807) is 0 Å². The van der Waals surface area contributed by atoms with Crippen LogP contribution in [0.1, 0.15) is 17.2 Å². The number of nitrogens with zero attached hydrogens (tertiary/aromatic N) is 1. The molecule has 0 aromatic heterocycles. The topological polar surface area (TPSA) is 67.9 Å². The Hall–Kier alpha value is -2.03. The molecule has 2 aliphatic heterocycles. The fourth-order valence-electron chi connectivity index (χ4n) is 2.86. The van der Waals surface area contributed by atoms with Crippen molar-refractivity contribution < 1.29 is 17.9 Å². The smallest absolute Gasteiger partial charge is 0.231 e. The van der Waals surface area contributed by atoms with Gasteiger partial charge in [0.05, 0.1) is 18.0 Å². The lowest BCUT2D eigenvalue weighted by atomic mass is 10.1. The summed E-state index contributed by atoms with van der Waals surface area (Å²) in [6, 6.07) is 12.7. The molecule has 0 unspecified atom stereocenters. The van der Waals surface area contributed by atoms with Crippen LogP contribution in [0.25, 0.3) is 5.70 Å². The minimum atomic E-state index is -3.46. The van der Waals surface area contributed by atoms with E-state index in [4.69, 9.17) is 9.47 Å². The third-order valence-corrected chi connectivity index (χ3v) is 5.62. The summed E-state index contributed by atoms with van der Waals surface area (Å²) >= 11 is 3.40. The summed E-state index contributed by atoms with van der Waals surface area (Å²) in [5, 5.41) is 0. The first kappa shape index (κ1) is 16.4. The van der Waals surface area contributed by atoms with Crippen LogP contribution in [-0.4, -0.2) is 25.9 Å². The Bertz CT molecular complexity index is 957. The molecule has 0 amide bonds. The standard InChI is InChI=1S/C17H15BrN2O4S/c1-25(21,22)20-15(11-2-5-13(18)6-3-11)9-14(19-20)12-4-7-16-17(8-12)24-10-23-16/h2-9,15,19H,10H2,1H3/t15-/m1/s1. The number of ether oxygens (including phenoxy) is 2. The van der Waals surface area contributed by atoms with Crippen LogP contribution in [-0.2, 0) is 10.0 Å². The van der Waals surface area contributed by atoms with E-state index in [0.29, 0.717) is 17.2 Å². The lowest BCUT2D eigenvalue weighted by Gasteiger charge is -2.22. The largest absolute Gasteiger partial charge is 0.454 e. The molecule has 0 spiro atoms. The van der Waals surface area contributed by atoms with Crippen molar-refractivity contribution in [2.24, 2.45) is 0 Å². The van der Waals surface area contributed by atoms with E-state index in [2.05, 4.69) is 21.4 Å². The number of halogens is 1. The number of rotatable bonds is 3. The molecule has 6 nitrogen and oxygen atoms in total. The Kier molecular flexibility index (Phi) is 3.98. The van der Waals surface area contributed by atoms with Crippen LogP contribution < -0.4 is 14.9 Å². The molecule has 130 valence electrons. The van der Waals surface area contributed by atoms with Gasteiger partial charge in [0.15, 0.2) is 11.5 Å². The van der Waals surface area contributed by atoms with Crippen molar-refractivity contribution in [2.45, 2.75) is 6.04 Å². The Morgan fingerprint density at radius 3 is 2.56 bits per heavy atom. The number of hydrogen-bond acceptors (Lipinski definition) is 5. The molecule has 2 aromatic rings. The van der Waals surface area contributed by atoms with Crippen molar-refractivity contribution in [1.29, 1.82) is 0 Å². The second kappa shape index (κ2) is 6.05. The predicted octanol–water partition coefficient (Wildman–Crippen LogP) is 3.04. The molecule has 2 aromatic carbocycles. The monoisotopic (exact) mass is 422 g/mol. The van der Waals surface area contributed by atoms with Crippen molar-refractivity contribution >= 4 is 31.7 Å². The van der Waals surface area contributed by atoms with Crippen LogP contribution in [0.4, 0.5) is 0 Å². The molecule has 8 heteroatoms. The van der Waals surface area contributed by atoms with E-state index in [-0.39, 0.29) is 6.79 Å². The van der Waals surface area contributed by atoms with E-state index in [9.17, 15) is 8.42 Å². The summed E-state index contributed by atoms with van der Waals surface area (Å²) in [5.74, 6) is 1.34. The summed E-state index contributed by atoms with van der Waals surface area (Å²) in [5.41, 5.74) is 5.41. The van der Waals surface area contributed by atoms with Crippen LogP contribution in [0.3, 0.4) is 0 Å². The van der Waals surface area contributed by atoms with E-state index in [0.717, 1.165) is 15.6 Å². The van der Waals surface area contributed by atoms with Crippen molar-refractivity contribution in [2.75, 3.05) is 13.0 Å². The maximum absolute atomic E-state index is 12.2. The van der Waals surface area contributed by atoms with Gasteiger partial charge in [-0.2, -0.15) is 0 Å². The number of hydrogen-bond donors (Lipinski definition) is 1. The highest BCUT2D eigenvalue weighted by molar-refractivity contribution is 9.10. The highest BCUT2D eigenvalue weighted by Crippen LogP contribution is 2.38. The van der Waals surface area contributed by atoms with Crippen LogP contribution in [0.15, 0.2) is 53.0 Å². The molecule has 0 fully saturated rings. The van der Waals surface area contributed by atoms with Gasteiger partial charge in [0, 0.05) is 10.0 Å². The SMILES string of the molecule is CS(=O)(=O)N1NC(c2ccc3c(c2)OCO3)=C[C@@H]1c1ccc(Br)cc1. The number of fused-ring (bicyclic) bond motifs is 1. The lowest BCUT2D eigenvalue weighted by Crippen LogP contribution is -2.38. The zero-order valence-electron chi connectivity index (χ0n) is 13.3. The second-order valence-electron chi connectivity index (χ2n) is 5.82. The molecule has 0 radical (unpaired) electrons. The second-order valence-corrected chi connectivity index (χ2v) is 8.59. The summed E-state index contributed by atoms with van der Waals surface area (Å²) in [6.07, 6.45) is 3.07. The van der Waals surface area contributed by atoms with Gasteiger partial charge >= 0.3 is 0 Å². The Morgan fingerprint density at radius 1 is 1.12 bits per heavy atom. The van der Waals surface area contributed by atoms with Gasteiger partial charge in [-0.1, -0.05) is 28.1 Å². The van der Waals surface area contributed by atoms with Crippen molar-refractivity contribution in [3.8, 4) is 11.5 Å². The average molecular weight is 423 g/mol. The summed E-state index contributed by atoms with van der Waals surface area (Å²) < 4.78 is 37.4. The first-order chi connectivity index (χ1) is 11.9. The van der Waals surface area contributed by atoms with Gasteiger partial charge in [-0.3, -0.25) is 0 Å². The number of benzene rings is 2. The van der Waals surface area contributed by atoms with Gasteiger partial charge in [0.25, 0.3) is 0 Å². The maximum Gasteiger partial charge on any atom is 0.231 e. The first-order valence-electron chi connectivity index (χ1n) is 7.55. The fraction of sp³-hybridized carbons (Fsp3) is 0.176. The molecule has 1 atom stereocenters. The summed E-state index contributed by atoms with van der Waals surface area (Å²) in [7, 11) is -3.46. The van der Waals surface area contributed by atoms with E-state index < -0.39 is 16.1 Å². The van der Waals surface area contributed by atoms with Gasteiger partial charge in [0.1, 0.15) is 0 Å². The first-order valence-corrected chi connectivity index (χ1v) is 10.2. The van der Waals surface area contributed by atoms with E-state index >= 15 is 0 Å². The van der Waals surface area contributed by atoms with Crippen molar-refractivity contribution in [3.63, 3.8) is 0 Å². The minimum Gasteiger partial charge on any atom is -0.454 e. The molecule has 1 N–H and O–H groups in total. The third-order valence-electron chi connectivity index (χ3n) is 4.06. The van der Waals surface area contributed by atoms with Gasteiger partial charge in [-0.05, 0) is 42.0 Å². The predicted molar refractivity (Wildman–Crippen MR) is 97.2 cm³/mol. The molecule has 0 saturated carbocycles. The van der Waals surface area contributed by atoms with Crippen molar-refractivity contribution in [3.05, 3.63) is 64.1 Å². The zero-order valence-corrected chi connectivity index (χ0v) is 15.7. The van der Waals surface area contributed by atoms with Crippen LogP contribution in [0, 0.1) is 0 Å². The minimum absolute atomic E-state index is 0.197. The maximum atomic E-state index is 12.2. The van der Waals surface area contributed by atoms with Gasteiger partial charge in [-0.25, -0.2) is 8.42 Å².